The Morgan fingerprint density at radius 1 is 0.939 bits per heavy atom. The minimum absolute atomic E-state index is 0. The Balaban J connectivity index is 0.00000110. The summed E-state index contributed by atoms with van der Waals surface area (Å²) in [4.78, 5) is 18.9. The molecule has 49 heavy (non-hydrogen) atoms. The van der Waals surface area contributed by atoms with Crippen LogP contribution in [0.5, 0.6) is 0 Å². The highest BCUT2D eigenvalue weighted by atomic mass is 16.5. The molecule has 0 saturated heterocycles. The molecule has 0 saturated carbocycles. The van der Waals surface area contributed by atoms with Crippen LogP contribution < -0.4 is 5.32 Å². The molecular formula is C43H60N4O2. The number of nitrogens with one attached hydrogen (secondary N) is 2. The number of amidine groups is 1. The largest absolute Gasteiger partial charge is 0.365 e. The van der Waals surface area contributed by atoms with E-state index >= 15 is 0 Å². The lowest BCUT2D eigenvalue weighted by atomic mass is 9.86. The molecule has 0 spiro atoms. The van der Waals surface area contributed by atoms with Crippen molar-refractivity contribution in [2.45, 2.75) is 86.0 Å². The average molecular weight is 665 g/mol. The number of likely N-dealkylation sites (N-methyl/N-ethyl adjacent to an activating group) is 1. The number of amides is 1. The normalized spacial score (nSPS) is 10.8. The van der Waals surface area contributed by atoms with Gasteiger partial charge in [-0.15, -0.1) is 0 Å². The molecule has 0 aliphatic carbocycles. The van der Waals surface area contributed by atoms with Crippen molar-refractivity contribution >= 4 is 17.4 Å². The van der Waals surface area contributed by atoms with Crippen molar-refractivity contribution in [1.82, 2.24) is 9.88 Å². The number of aryl methyl sites for hydroxylation is 3. The number of methoxy groups -OCH3 is 1. The van der Waals surface area contributed by atoms with E-state index in [-0.39, 0.29) is 12.7 Å². The van der Waals surface area contributed by atoms with E-state index in [9.17, 15) is 4.79 Å². The second-order valence-electron chi connectivity index (χ2n) is 12.7. The Bertz CT molecular complexity index is 1550. The van der Waals surface area contributed by atoms with Crippen molar-refractivity contribution in [2.24, 2.45) is 0 Å². The molecule has 1 amide bonds. The van der Waals surface area contributed by atoms with Crippen LogP contribution in [0.4, 0.5) is 5.69 Å². The van der Waals surface area contributed by atoms with E-state index in [1.165, 1.54) is 22.3 Å². The molecule has 4 rings (SSSR count). The number of carbonyl (C=O) groups is 1. The number of nitrogens with zero attached hydrogens (tertiary/aromatic N) is 2. The summed E-state index contributed by atoms with van der Waals surface area (Å²) in [7, 11) is 1.65. The van der Waals surface area contributed by atoms with Crippen LogP contribution in [0.3, 0.4) is 0 Å². The second kappa shape index (κ2) is 22.2. The van der Waals surface area contributed by atoms with Gasteiger partial charge in [0.15, 0.2) is 0 Å². The molecule has 0 atom stereocenters. The number of hydrogen-bond acceptors (Lipinski definition) is 5. The van der Waals surface area contributed by atoms with Gasteiger partial charge in [0.1, 0.15) is 12.6 Å². The molecule has 0 radical (unpaired) electrons. The van der Waals surface area contributed by atoms with E-state index in [1.54, 1.807) is 24.3 Å². The van der Waals surface area contributed by atoms with Crippen LogP contribution in [0.2, 0.25) is 0 Å². The Morgan fingerprint density at radius 2 is 1.65 bits per heavy atom. The predicted octanol–water partition coefficient (Wildman–Crippen LogP) is 10.7. The maximum Gasteiger partial charge on any atom is 0.251 e. The lowest BCUT2D eigenvalue weighted by Crippen LogP contribution is -2.35. The number of anilines is 1. The molecule has 2 N–H and O–H groups in total. The number of allylic oxidation sites excluding steroid dienone is 1. The molecular weight excluding hydrogens is 604 g/mol. The molecule has 0 aliphatic heterocycles. The van der Waals surface area contributed by atoms with Gasteiger partial charge in [0.05, 0.1) is 17.6 Å². The zero-order valence-electron chi connectivity index (χ0n) is 31.1. The number of carbonyl (C=O) groups excluding carboxylic acids is 1. The maximum absolute atomic E-state index is 12.8. The zero-order chi connectivity index (χ0) is 36.1. The Hall–Kier alpha value is -4.55. The van der Waals surface area contributed by atoms with Crippen LogP contribution in [-0.4, -0.2) is 42.0 Å². The summed E-state index contributed by atoms with van der Waals surface area (Å²) < 4.78 is 5.03. The minimum atomic E-state index is -0.118. The number of aromatic nitrogens is 1. The molecule has 1 aromatic heterocycles. The van der Waals surface area contributed by atoms with Gasteiger partial charge in [-0.05, 0) is 85.9 Å². The Morgan fingerprint density at radius 3 is 2.22 bits per heavy atom. The summed E-state index contributed by atoms with van der Waals surface area (Å²) in [6, 6.07) is 31.3. The van der Waals surface area contributed by atoms with Crippen molar-refractivity contribution < 1.29 is 11.0 Å². The van der Waals surface area contributed by atoms with Gasteiger partial charge in [-0.3, -0.25) is 20.1 Å². The standard InChI is InChI=1S/C34H44N4O2.C7H8.C2H6.H2/c1-6-38(33(39)16-8-7-11-26-17-19-29(20-18-26)34(2,3)4)32(35)15-10-13-27-12-9-14-28(23-27)31-22-21-30(24-36-31)37-25-40-5;1-7-5-3-2-4-6-7;1-2;/h8-9,12,14,16-24,35,37H,6-7,10-11,13,15,25H2,1-5H3;2-6H,1H3;1-2H3;1H/b16-8+,35-32?;;;. The van der Waals surface area contributed by atoms with Gasteiger partial charge in [0.25, 0.3) is 5.91 Å². The summed E-state index contributed by atoms with van der Waals surface area (Å²) in [5, 5.41) is 11.7. The van der Waals surface area contributed by atoms with Gasteiger partial charge in [0, 0.05) is 27.1 Å². The van der Waals surface area contributed by atoms with E-state index in [0.717, 1.165) is 42.6 Å². The van der Waals surface area contributed by atoms with E-state index in [0.29, 0.717) is 25.5 Å². The highest BCUT2D eigenvalue weighted by Crippen LogP contribution is 2.23. The summed E-state index contributed by atoms with van der Waals surface area (Å²) in [6.45, 7) is 15.6. The lowest BCUT2D eigenvalue weighted by Gasteiger charge is -2.20. The van der Waals surface area contributed by atoms with Gasteiger partial charge in [-0.25, -0.2) is 0 Å². The predicted molar refractivity (Wildman–Crippen MR) is 210 cm³/mol. The van der Waals surface area contributed by atoms with Gasteiger partial charge in [-0.1, -0.05) is 119 Å². The van der Waals surface area contributed by atoms with Crippen molar-refractivity contribution in [1.29, 1.82) is 5.41 Å². The number of benzene rings is 3. The second-order valence-corrected chi connectivity index (χ2v) is 12.7. The monoisotopic (exact) mass is 664 g/mol. The van der Waals surface area contributed by atoms with Crippen molar-refractivity contribution in [3.63, 3.8) is 0 Å². The zero-order valence-corrected chi connectivity index (χ0v) is 31.1. The number of rotatable bonds is 13. The molecule has 264 valence electrons. The third-order valence-electron chi connectivity index (χ3n) is 7.81. The fourth-order valence-corrected chi connectivity index (χ4v) is 5.02. The Labute approximate surface area is 297 Å². The third-order valence-corrected chi connectivity index (χ3v) is 7.81. The van der Waals surface area contributed by atoms with Crippen molar-refractivity contribution in [3.05, 3.63) is 132 Å². The number of ether oxygens (including phenoxy) is 1. The molecule has 3 aromatic carbocycles. The fourth-order valence-electron chi connectivity index (χ4n) is 5.02. The van der Waals surface area contributed by atoms with E-state index in [4.69, 9.17) is 10.1 Å². The summed E-state index contributed by atoms with van der Waals surface area (Å²) >= 11 is 0. The van der Waals surface area contributed by atoms with E-state index in [2.05, 4.69) is 92.6 Å². The molecule has 4 aromatic rings. The van der Waals surface area contributed by atoms with Crippen LogP contribution in [0, 0.1) is 12.3 Å². The van der Waals surface area contributed by atoms with Crippen molar-refractivity contribution in [3.8, 4) is 11.3 Å². The summed E-state index contributed by atoms with van der Waals surface area (Å²) in [5.41, 5.74) is 8.14. The minimum Gasteiger partial charge on any atom is -0.365 e. The van der Waals surface area contributed by atoms with Crippen LogP contribution >= 0.6 is 0 Å². The van der Waals surface area contributed by atoms with E-state index < -0.39 is 0 Å². The third kappa shape index (κ3) is 15.0. The van der Waals surface area contributed by atoms with E-state index in [1.807, 2.05) is 63.2 Å². The highest BCUT2D eigenvalue weighted by Gasteiger charge is 2.14. The quantitative estimate of drug-likeness (QED) is 0.0645. The molecule has 1 heterocycles. The molecule has 0 bridgehead atoms. The molecule has 0 aliphatic rings. The van der Waals surface area contributed by atoms with Crippen LogP contribution in [0.15, 0.2) is 109 Å². The first-order valence-corrected chi connectivity index (χ1v) is 17.6. The lowest BCUT2D eigenvalue weighted by molar-refractivity contribution is -0.122. The topological polar surface area (TPSA) is 78.3 Å². The first kappa shape index (κ1) is 40.6. The van der Waals surface area contributed by atoms with Crippen LogP contribution in [0.1, 0.15) is 84.5 Å². The number of hydrogen-bond donors (Lipinski definition) is 2. The van der Waals surface area contributed by atoms with Crippen LogP contribution in [-0.2, 0) is 27.8 Å². The van der Waals surface area contributed by atoms with Crippen LogP contribution in [0.25, 0.3) is 11.3 Å². The molecule has 6 nitrogen and oxygen atoms in total. The van der Waals surface area contributed by atoms with Gasteiger partial charge in [0.2, 0.25) is 0 Å². The molecule has 0 fully saturated rings. The number of pyridine rings is 1. The average Bonchev–Trinajstić information content (AvgIpc) is 3.11. The van der Waals surface area contributed by atoms with Gasteiger partial charge < -0.3 is 10.1 Å². The van der Waals surface area contributed by atoms with Crippen molar-refractivity contribution in [2.75, 3.05) is 25.7 Å². The summed E-state index contributed by atoms with van der Waals surface area (Å²) in [6.07, 6.45) is 9.22. The first-order chi connectivity index (χ1) is 23.6. The highest BCUT2D eigenvalue weighted by molar-refractivity contribution is 6.01. The molecule has 6 heteroatoms. The Kier molecular flexibility index (Phi) is 18.4. The first-order valence-electron chi connectivity index (χ1n) is 17.6. The SMILES string of the molecule is CC.CCN(C(=N)CCCc1cccc(-c2ccc(NCOC)cn2)c1)C(=O)/C=C/CCc1ccc(C(C)(C)C)cc1.Cc1ccccc1.[HH]. The van der Waals surface area contributed by atoms with Gasteiger partial charge >= 0.3 is 0 Å². The maximum atomic E-state index is 12.8. The summed E-state index contributed by atoms with van der Waals surface area (Å²) in [5.74, 6) is 0.249. The van der Waals surface area contributed by atoms with Gasteiger partial charge in [-0.2, -0.15) is 0 Å². The smallest absolute Gasteiger partial charge is 0.251 e. The fraction of sp³-hybridized carbons (Fsp3) is 0.372. The molecule has 0 unspecified atom stereocenters.